The van der Waals surface area contributed by atoms with Gasteiger partial charge < -0.3 is 10.4 Å². The minimum atomic E-state index is -0.707. The van der Waals surface area contributed by atoms with E-state index in [-0.39, 0.29) is 0 Å². The molecule has 1 saturated carbocycles. The van der Waals surface area contributed by atoms with Crippen LogP contribution in [0.5, 0.6) is 0 Å². The van der Waals surface area contributed by atoms with Crippen LogP contribution in [-0.4, -0.2) is 23.7 Å². The minimum Gasteiger partial charge on any atom is -0.481 e. The first-order valence-corrected chi connectivity index (χ1v) is 7.09. The Labute approximate surface area is 111 Å². The van der Waals surface area contributed by atoms with Crippen LogP contribution in [0.2, 0.25) is 0 Å². The van der Waals surface area contributed by atoms with E-state index in [1.165, 1.54) is 19.3 Å². The average Bonchev–Trinajstić information content (AvgIpc) is 2.13. The van der Waals surface area contributed by atoms with Gasteiger partial charge in [0, 0.05) is 6.04 Å². The molecule has 0 saturated heterocycles. The average molecular weight is 255 g/mol. The standard InChI is InChI=1S/C15H29NO2/c1-11-8-12(10-14(2,3)9-11)16-7-6-15(4,5)13(17)18/h11-12,16H,6-10H2,1-5H3,(H,17,18). The maximum atomic E-state index is 11.0. The summed E-state index contributed by atoms with van der Waals surface area (Å²) in [5.41, 5.74) is -0.208. The Kier molecular flexibility index (Phi) is 4.82. The zero-order valence-corrected chi connectivity index (χ0v) is 12.5. The third kappa shape index (κ3) is 4.60. The second kappa shape index (κ2) is 5.60. The van der Waals surface area contributed by atoms with Crippen molar-refractivity contribution in [2.24, 2.45) is 16.7 Å². The number of aliphatic carboxylic acids is 1. The Morgan fingerprint density at radius 1 is 1.39 bits per heavy atom. The van der Waals surface area contributed by atoms with Crippen LogP contribution in [0, 0.1) is 16.7 Å². The lowest BCUT2D eigenvalue weighted by molar-refractivity contribution is -0.147. The largest absolute Gasteiger partial charge is 0.481 e. The number of carboxylic acid groups (broad SMARTS) is 1. The monoisotopic (exact) mass is 255 g/mol. The van der Waals surface area contributed by atoms with E-state index in [9.17, 15) is 4.79 Å². The van der Waals surface area contributed by atoms with Gasteiger partial charge in [-0.1, -0.05) is 20.8 Å². The van der Waals surface area contributed by atoms with Crippen molar-refractivity contribution in [3.05, 3.63) is 0 Å². The molecule has 0 amide bonds. The molecule has 3 heteroatoms. The highest BCUT2D eigenvalue weighted by Gasteiger charge is 2.32. The van der Waals surface area contributed by atoms with Crippen molar-refractivity contribution in [3.63, 3.8) is 0 Å². The molecule has 0 aliphatic heterocycles. The summed E-state index contributed by atoms with van der Waals surface area (Å²) in [5.74, 6) is 0.0559. The molecule has 1 fully saturated rings. The van der Waals surface area contributed by atoms with Crippen molar-refractivity contribution in [1.82, 2.24) is 5.32 Å². The van der Waals surface area contributed by atoms with E-state index in [0.29, 0.717) is 17.9 Å². The van der Waals surface area contributed by atoms with Crippen molar-refractivity contribution in [2.45, 2.75) is 66.3 Å². The van der Waals surface area contributed by atoms with Crippen LogP contribution in [-0.2, 0) is 4.79 Å². The molecule has 0 bridgehead atoms. The zero-order valence-electron chi connectivity index (χ0n) is 12.5. The van der Waals surface area contributed by atoms with Crippen LogP contribution in [0.3, 0.4) is 0 Å². The molecule has 2 unspecified atom stereocenters. The lowest BCUT2D eigenvalue weighted by Gasteiger charge is -2.39. The molecular formula is C15H29NO2. The van der Waals surface area contributed by atoms with Gasteiger partial charge in [-0.05, 0) is 57.4 Å². The Balaban J connectivity index is 2.38. The molecule has 0 aromatic heterocycles. The number of rotatable bonds is 5. The summed E-state index contributed by atoms with van der Waals surface area (Å²) in [4.78, 5) is 11.0. The Morgan fingerprint density at radius 2 is 2.00 bits per heavy atom. The summed E-state index contributed by atoms with van der Waals surface area (Å²) in [5, 5.41) is 12.6. The van der Waals surface area contributed by atoms with Crippen molar-refractivity contribution in [2.75, 3.05) is 6.54 Å². The van der Waals surface area contributed by atoms with Gasteiger partial charge in [-0.3, -0.25) is 4.79 Å². The molecule has 2 N–H and O–H groups in total. The van der Waals surface area contributed by atoms with Crippen LogP contribution in [0.4, 0.5) is 0 Å². The van der Waals surface area contributed by atoms with E-state index in [4.69, 9.17) is 5.11 Å². The van der Waals surface area contributed by atoms with Gasteiger partial charge in [0.25, 0.3) is 0 Å². The highest BCUT2D eigenvalue weighted by molar-refractivity contribution is 5.73. The quantitative estimate of drug-likeness (QED) is 0.792. The topological polar surface area (TPSA) is 49.3 Å². The first-order valence-electron chi connectivity index (χ1n) is 7.09. The van der Waals surface area contributed by atoms with Gasteiger partial charge in [0.15, 0.2) is 0 Å². The van der Waals surface area contributed by atoms with E-state index in [2.05, 4.69) is 26.1 Å². The normalized spacial score (nSPS) is 28.1. The van der Waals surface area contributed by atoms with Crippen molar-refractivity contribution < 1.29 is 9.90 Å². The van der Waals surface area contributed by atoms with Gasteiger partial charge in [-0.2, -0.15) is 0 Å². The van der Waals surface area contributed by atoms with Crippen LogP contribution in [0.15, 0.2) is 0 Å². The number of nitrogens with one attached hydrogen (secondary N) is 1. The highest BCUT2D eigenvalue weighted by Crippen LogP contribution is 2.38. The van der Waals surface area contributed by atoms with Gasteiger partial charge in [0.1, 0.15) is 0 Å². The molecule has 106 valence electrons. The van der Waals surface area contributed by atoms with E-state index in [1.54, 1.807) is 13.8 Å². The fraction of sp³-hybridized carbons (Fsp3) is 0.933. The fourth-order valence-corrected chi connectivity index (χ4v) is 3.20. The van der Waals surface area contributed by atoms with E-state index >= 15 is 0 Å². The summed E-state index contributed by atoms with van der Waals surface area (Å²) < 4.78 is 0. The molecule has 0 spiro atoms. The molecule has 3 nitrogen and oxygen atoms in total. The van der Waals surface area contributed by atoms with Crippen LogP contribution < -0.4 is 5.32 Å². The Hall–Kier alpha value is -0.570. The molecule has 0 aromatic rings. The highest BCUT2D eigenvalue weighted by atomic mass is 16.4. The summed E-state index contributed by atoms with van der Waals surface area (Å²) in [6, 6.07) is 0.549. The van der Waals surface area contributed by atoms with Crippen LogP contribution >= 0.6 is 0 Å². The number of hydrogen-bond acceptors (Lipinski definition) is 2. The molecule has 2 atom stereocenters. The second-order valence-electron chi connectivity index (χ2n) is 7.50. The minimum absolute atomic E-state index is 0.414. The summed E-state index contributed by atoms with van der Waals surface area (Å²) >= 11 is 0. The van der Waals surface area contributed by atoms with E-state index < -0.39 is 11.4 Å². The third-order valence-electron chi connectivity index (χ3n) is 4.15. The number of hydrogen-bond donors (Lipinski definition) is 2. The maximum absolute atomic E-state index is 11.0. The number of carbonyl (C=O) groups is 1. The SMILES string of the molecule is CC1CC(NCCC(C)(C)C(=O)O)CC(C)(C)C1. The lowest BCUT2D eigenvalue weighted by Crippen LogP contribution is -2.41. The van der Waals surface area contributed by atoms with Gasteiger partial charge in [0.2, 0.25) is 0 Å². The molecule has 0 heterocycles. The molecular weight excluding hydrogens is 226 g/mol. The summed E-state index contributed by atoms with van der Waals surface area (Å²) in [7, 11) is 0. The Bertz CT molecular complexity index is 297. The van der Waals surface area contributed by atoms with Gasteiger partial charge >= 0.3 is 5.97 Å². The van der Waals surface area contributed by atoms with Gasteiger partial charge in [0.05, 0.1) is 5.41 Å². The fourth-order valence-electron chi connectivity index (χ4n) is 3.20. The molecule has 1 aliphatic rings. The molecule has 0 radical (unpaired) electrons. The zero-order chi connectivity index (χ0) is 14.0. The lowest BCUT2D eigenvalue weighted by atomic mass is 9.70. The third-order valence-corrected chi connectivity index (χ3v) is 4.15. The first-order chi connectivity index (χ1) is 8.12. The van der Waals surface area contributed by atoms with Crippen LogP contribution in [0.25, 0.3) is 0 Å². The van der Waals surface area contributed by atoms with E-state index in [0.717, 1.165) is 12.5 Å². The second-order valence-corrected chi connectivity index (χ2v) is 7.50. The summed E-state index contributed by atoms with van der Waals surface area (Å²) in [6.45, 7) is 11.4. The Morgan fingerprint density at radius 3 is 2.50 bits per heavy atom. The number of carboxylic acids is 1. The van der Waals surface area contributed by atoms with Crippen molar-refractivity contribution in [3.8, 4) is 0 Å². The predicted molar refractivity (Wildman–Crippen MR) is 74.6 cm³/mol. The van der Waals surface area contributed by atoms with E-state index in [1.807, 2.05) is 0 Å². The van der Waals surface area contributed by atoms with Crippen molar-refractivity contribution in [1.29, 1.82) is 0 Å². The maximum Gasteiger partial charge on any atom is 0.309 e. The first kappa shape index (κ1) is 15.5. The smallest absolute Gasteiger partial charge is 0.309 e. The molecule has 0 aromatic carbocycles. The predicted octanol–water partition coefficient (Wildman–Crippen LogP) is 3.29. The van der Waals surface area contributed by atoms with Crippen LogP contribution in [0.1, 0.15) is 60.3 Å². The molecule has 1 aliphatic carbocycles. The molecule has 1 rings (SSSR count). The van der Waals surface area contributed by atoms with Gasteiger partial charge in [-0.25, -0.2) is 0 Å². The van der Waals surface area contributed by atoms with Gasteiger partial charge in [-0.15, -0.1) is 0 Å². The summed E-state index contributed by atoms with van der Waals surface area (Å²) in [6.07, 6.45) is 4.40. The van der Waals surface area contributed by atoms with Crippen molar-refractivity contribution >= 4 is 5.97 Å². The molecule has 18 heavy (non-hydrogen) atoms.